The van der Waals surface area contributed by atoms with Crippen LogP contribution in [0.1, 0.15) is 40.0 Å². The fourth-order valence-electron chi connectivity index (χ4n) is 3.05. The molecule has 0 aliphatic carbocycles. The van der Waals surface area contributed by atoms with Crippen LogP contribution in [0.5, 0.6) is 0 Å². The Balaban J connectivity index is 1.67. The molecule has 1 N–H and O–H groups in total. The second-order valence-electron chi connectivity index (χ2n) is 6.14. The highest BCUT2D eigenvalue weighted by molar-refractivity contribution is 4.91. The fraction of sp³-hybridized carbons (Fsp3) is 1.00. The lowest BCUT2D eigenvalue weighted by Gasteiger charge is -2.39. The molecule has 0 aromatic heterocycles. The maximum absolute atomic E-state index is 5.96. The van der Waals surface area contributed by atoms with Crippen LogP contribution in [0.3, 0.4) is 0 Å². The van der Waals surface area contributed by atoms with Gasteiger partial charge < -0.3 is 15.0 Å². The van der Waals surface area contributed by atoms with E-state index in [1.807, 2.05) is 0 Å². The summed E-state index contributed by atoms with van der Waals surface area (Å²) in [6.07, 6.45) is 4.02. The zero-order valence-electron chi connectivity index (χ0n) is 11.7. The Morgan fingerprint density at radius 2 is 1.94 bits per heavy atom. The summed E-state index contributed by atoms with van der Waals surface area (Å²) in [7, 11) is 0. The molecule has 17 heavy (non-hydrogen) atoms. The molecule has 2 fully saturated rings. The molecule has 0 unspecified atom stereocenters. The first kappa shape index (κ1) is 13.3. The monoisotopic (exact) mass is 240 g/mol. The van der Waals surface area contributed by atoms with Crippen molar-refractivity contribution in [2.45, 2.75) is 45.6 Å². The number of likely N-dealkylation sites (tertiary alicyclic amines) is 1. The first-order valence-electron chi connectivity index (χ1n) is 7.18. The van der Waals surface area contributed by atoms with E-state index in [4.69, 9.17) is 4.74 Å². The van der Waals surface area contributed by atoms with Crippen molar-refractivity contribution >= 4 is 0 Å². The van der Waals surface area contributed by atoms with Gasteiger partial charge in [-0.2, -0.15) is 0 Å². The van der Waals surface area contributed by atoms with Crippen LogP contribution < -0.4 is 5.32 Å². The minimum Gasteiger partial charge on any atom is -0.371 e. The number of ether oxygens (including phenoxy) is 1. The van der Waals surface area contributed by atoms with E-state index in [2.05, 4.69) is 31.0 Å². The van der Waals surface area contributed by atoms with Gasteiger partial charge in [0.25, 0.3) is 0 Å². The second-order valence-corrected chi connectivity index (χ2v) is 6.14. The van der Waals surface area contributed by atoms with Crippen LogP contribution in [0.4, 0.5) is 0 Å². The van der Waals surface area contributed by atoms with E-state index in [0.717, 1.165) is 26.2 Å². The van der Waals surface area contributed by atoms with E-state index in [1.54, 1.807) is 0 Å². The molecule has 3 nitrogen and oxygen atoms in total. The van der Waals surface area contributed by atoms with Crippen LogP contribution in [0, 0.1) is 5.41 Å². The Hall–Kier alpha value is -0.120. The molecule has 0 radical (unpaired) electrons. The molecule has 0 aromatic carbocycles. The zero-order valence-corrected chi connectivity index (χ0v) is 11.7. The molecule has 0 atom stereocenters. The summed E-state index contributed by atoms with van der Waals surface area (Å²) >= 11 is 0. The maximum atomic E-state index is 5.96. The third kappa shape index (κ3) is 3.01. The summed E-state index contributed by atoms with van der Waals surface area (Å²) in [6.45, 7) is 13.4. The van der Waals surface area contributed by atoms with Crippen molar-refractivity contribution in [3.8, 4) is 0 Å². The predicted octanol–water partition coefficient (Wildman–Crippen LogP) is 1.88. The van der Waals surface area contributed by atoms with E-state index in [0.29, 0.717) is 5.41 Å². The van der Waals surface area contributed by atoms with Gasteiger partial charge in [0.2, 0.25) is 0 Å². The predicted molar refractivity (Wildman–Crippen MR) is 71.3 cm³/mol. The van der Waals surface area contributed by atoms with Gasteiger partial charge in [0.1, 0.15) is 0 Å². The average molecular weight is 240 g/mol. The van der Waals surface area contributed by atoms with Crippen LogP contribution in [0.15, 0.2) is 0 Å². The Labute approximate surface area is 106 Å². The Kier molecular flexibility index (Phi) is 4.11. The number of hydrogen-bond donors (Lipinski definition) is 1. The van der Waals surface area contributed by atoms with Crippen molar-refractivity contribution in [3.63, 3.8) is 0 Å². The SMILES string of the molecule is CCC1(CC)CCN(CCOC2(C)CNC2)C1. The van der Waals surface area contributed by atoms with Gasteiger partial charge in [-0.1, -0.05) is 13.8 Å². The van der Waals surface area contributed by atoms with Crippen molar-refractivity contribution in [2.75, 3.05) is 39.3 Å². The number of nitrogens with one attached hydrogen (secondary N) is 1. The van der Waals surface area contributed by atoms with Crippen molar-refractivity contribution in [1.82, 2.24) is 10.2 Å². The molecule has 2 saturated heterocycles. The highest BCUT2D eigenvalue weighted by Gasteiger charge is 2.36. The molecule has 0 aromatic rings. The smallest absolute Gasteiger partial charge is 0.0902 e. The lowest BCUT2D eigenvalue weighted by atomic mass is 9.82. The highest BCUT2D eigenvalue weighted by atomic mass is 16.5. The topological polar surface area (TPSA) is 24.5 Å². The van der Waals surface area contributed by atoms with Crippen LogP contribution in [0.25, 0.3) is 0 Å². The van der Waals surface area contributed by atoms with Gasteiger partial charge in [-0.15, -0.1) is 0 Å². The second kappa shape index (κ2) is 5.25. The summed E-state index contributed by atoms with van der Waals surface area (Å²) in [4.78, 5) is 2.59. The summed E-state index contributed by atoms with van der Waals surface area (Å²) in [5, 5.41) is 3.27. The number of rotatable bonds is 6. The fourth-order valence-corrected chi connectivity index (χ4v) is 3.05. The summed E-state index contributed by atoms with van der Waals surface area (Å²) in [6, 6.07) is 0. The van der Waals surface area contributed by atoms with Crippen LogP contribution >= 0.6 is 0 Å². The van der Waals surface area contributed by atoms with E-state index in [-0.39, 0.29) is 5.60 Å². The zero-order chi connectivity index (χ0) is 12.4. The van der Waals surface area contributed by atoms with E-state index < -0.39 is 0 Å². The van der Waals surface area contributed by atoms with Crippen molar-refractivity contribution in [1.29, 1.82) is 0 Å². The number of hydrogen-bond acceptors (Lipinski definition) is 3. The summed E-state index contributed by atoms with van der Waals surface area (Å²) in [5.74, 6) is 0. The average Bonchev–Trinajstić information content (AvgIpc) is 2.71. The van der Waals surface area contributed by atoms with Gasteiger partial charge in [-0.25, -0.2) is 0 Å². The normalized spacial score (nSPS) is 27.0. The van der Waals surface area contributed by atoms with Crippen LogP contribution in [0.2, 0.25) is 0 Å². The Morgan fingerprint density at radius 1 is 1.24 bits per heavy atom. The minimum absolute atomic E-state index is 0.117. The van der Waals surface area contributed by atoms with Gasteiger partial charge in [0.05, 0.1) is 12.2 Å². The van der Waals surface area contributed by atoms with Crippen molar-refractivity contribution in [3.05, 3.63) is 0 Å². The molecule has 100 valence electrons. The Morgan fingerprint density at radius 3 is 2.41 bits per heavy atom. The molecule has 0 saturated carbocycles. The minimum atomic E-state index is 0.117. The molecular formula is C14H28N2O. The lowest BCUT2D eigenvalue weighted by Crippen LogP contribution is -2.59. The molecule has 2 heterocycles. The molecule has 2 rings (SSSR count). The standard InChI is InChI=1S/C14H28N2O/c1-4-14(5-2)6-7-16(12-14)8-9-17-13(3)10-15-11-13/h15H,4-12H2,1-3H3. The first-order valence-corrected chi connectivity index (χ1v) is 7.18. The third-order valence-electron chi connectivity index (χ3n) is 4.87. The molecule has 2 aliphatic heterocycles. The summed E-state index contributed by atoms with van der Waals surface area (Å²) in [5.41, 5.74) is 0.717. The molecule has 0 bridgehead atoms. The molecule has 0 spiro atoms. The number of nitrogens with zero attached hydrogens (tertiary/aromatic N) is 1. The maximum Gasteiger partial charge on any atom is 0.0902 e. The largest absolute Gasteiger partial charge is 0.371 e. The highest BCUT2D eigenvalue weighted by Crippen LogP contribution is 2.36. The van der Waals surface area contributed by atoms with Gasteiger partial charge in [0.15, 0.2) is 0 Å². The molecule has 3 heteroatoms. The van der Waals surface area contributed by atoms with Gasteiger partial charge in [-0.3, -0.25) is 0 Å². The molecular weight excluding hydrogens is 212 g/mol. The van der Waals surface area contributed by atoms with E-state index in [9.17, 15) is 0 Å². The third-order valence-corrected chi connectivity index (χ3v) is 4.87. The van der Waals surface area contributed by atoms with Crippen LogP contribution in [-0.2, 0) is 4.74 Å². The lowest BCUT2D eigenvalue weighted by molar-refractivity contribution is -0.0714. The van der Waals surface area contributed by atoms with E-state index in [1.165, 1.54) is 32.4 Å². The summed E-state index contributed by atoms with van der Waals surface area (Å²) < 4.78 is 5.96. The van der Waals surface area contributed by atoms with Crippen molar-refractivity contribution < 1.29 is 4.74 Å². The first-order chi connectivity index (χ1) is 8.11. The van der Waals surface area contributed by atoms with Gasteiger partial charge in [0, 0.05) is 26.2 Å². The quantitative estimate of drug-likeness (QED) is 0.767. The van der Waals surface area contributed by atoms with Crippen molar-refractivity contribution in [2.24, 2.45) is 5.41 Å². The van der Waals surface area contributed by atoms with Gasteiger partial charge >= 0.3 is 0 Å². The van der Waals surface area contributed by atoms with E-state index >= 15 is 0 Å². The molecule has 2 aliphatic rings. The van der Waals surface area contributed by atoms with Gasteiger partial charge in [-0.05, 0) is 38.1 Å². The van der Waals surface area contributed by atoms with Crippen LogP contribution in [-0.4, -0.2) is 49.8 Å². The Bertz CT molecular complexity index is 247. The molecule has 0 amide bonds.